The smallest absolute Gasteiger partial charge is 0.139 e. The van der Waals surface area contributed by atoms with Gasteiger partial charge in [-0.3, -0.25) is 5.41 Å². The number of halogens is 1. The van der Waals surface area contributed by atoms with Crippen LogP contribution in [0.5, 0.6) is 0 Å². The van der Waals surface area contributed by atoms with Crippen LogP contribution in [0, 0.1) is 5.41 Å². The first kappa shape index (κ1) is 20.4. The summed E-state index contributed by atoms with van der Waals surface area (Å²) in [5, 5.41) is 22.5. The molecule has 0 radical (unpaired) electrons. The molecule has 0 unspecified atom stereocenters. The van der Waals surface area contributed by atoms with Crippen molar-refractivity contribution in [2.24, 2.45) is 0 Å². The van der Waals surface area contributed by atoms with Gasteiger partial charge in [0.05, 0.1) is 17.8 Å². The van der Waals surface area contributed by atoms with E-state index >= 15 is 0 Å². The molecule has 0 aliphatic carbocycles. The number of hydrogen-bond donors (Lipinski definition) is 2. The highest BCUT2D eigenvalue weighted by molar-refractivity contribution is 7.11. The van der Waals surface area contributed by atoms with E-state index in [9.17, 15) is 5.11 Å². The molecule has 5 nitrogen and oxygen atoms in total. The van der Waals surface area contributed by atoms with Crippen molar-refractivity contribution in [2.75, 3.05) is 29.4 Å². The number of thiazole rings is 1. The fraction of sp³-hybridized carbons (Fsp3) is 0.217. The summed E-state index contributed by atoms with van der Waals surface area (Å²) in [5.41, 5.74) is 4.29. The Bertz CT molecular complexity index is 1090. The van der Waals surface area contributed by atoms with Gasteiger partial charge in [0.25, 0.3) is 0 Å². The first-order chi connectivity index (χ1) is 14.5. The summed E-state index contributed by atoms with van der Waals surface area (Å²) in [4.78, 5) is 8.74. The molecule has 1 aliphatic rings. The second kappa shape index (κ2) is 8.50. The topological polar surface area (TPSA) is 63.5 Å². The predicted octanol–water partition coefficient (Wildman–Crippen LogP) is 6.08. The van der Waals surface area contributed by atoms with E-state index in [4.69, 9.17) is 17.0 Å². The van der Waals surface area contributed by atoms with Gasteiger partial charge in [0, 0.05) is 40.4 Å². The Kier molecular flexibility index (Phi) is 5.79. The van der Waals surface area contributed by atoms with E-state index in [1.54, 1.807) is 4.90 Å². The summed E-state index contributed by atoms with van der Waals surface area (Å²) >= 11 is 7.40. The fourth-order valence-electron chi connectivity index (χ4n) is 3.60. The number of rotatable bonds is 6. The van der Waals surface area contributed by atoms with Crippen LogP contribution in [0.4, 0.5) is 11.4 Å². The van der Waals surface area contributed by atoms with Gasteiger partial charge in [-0.2, -0.15) is 0 Å². The van der Waals surface area contributed by atoms with Crippen molar-refractivity contribution in [1.29, 1.82) is 5.41 Å². The van der Waals surface area contributed by atoms with E-state index in [0.29, 0.717) is 15.6 Å². The molecule has 154 valence electrons. The van der Waals surface area contributed by atoms with Crippen LogP contribution < -0.4 is 9.80 Å². The van der Waals surface area contributed by atoms with Crippen LogP contribution in [-0.4, -0.2) is 35.6 Å². The monoisotopic (exact) mass is 438 g/mol. The van der Waals surface area contributed by atoms with Crippen molar-refractivity contribution in [2.45, 2.75) is 13.8 Å². The normalized spacial score (nSPS) is 14.0. The van der Waals surface area contributed by atoms with Crippen molar-refractivity contribution >= 4 is 45.7 Å². The molecular formula is C23H23ClN4OS. The van der Waals surface area contributed by atoms with Crippen LogP contribution in [0.15, 0.2) is 59.7 Å². The molecule has 2 aromatic carbocycles. The van der Waals surface area contributed by atoms with Gasteiger partial charge in [-0.15, -0.1) is 11.3 Å². The molecule has 0 fully saturated rings. The maximum atomic E-state index is 10.6. The summed E-state index contributed by atoms with van der Waals surface area (Å²) in [5.74, 6) is 0.435. The van der Waals surface area contributed by atoms with Gasteiger partial charge in [-0.05, 0) is 50.2 Å². The summed E-state index contributed by atoms with van der Waals surface area (Å²) in [6.07, 6.45) is 0. The lowest BCUT2D eigenvalue weighted by Gasteiger charge is -2.23. The summed E-state index contributed by atoms with van der Waals surface area (Å²) in [6, 6.07) is 15.6. The Labute approximate surface area is 185 Å². The lowest BCUT2D eigenvalue weighted by Crippen LogP contribution is -2.26. The highest BCUT2D eigenvalue weighted by Crippen LogP contribution is 2.35. The standard InChI is InChI=1S/C23H23ClN4OS/c1-3-27(4-2)17-9-11-18(12-10-17)28-13-20(29)21(22(28)25)23-26-19(14-30-23)15-5-7-16(24)8-6-15/h5-12,14,25,29H,3-4,13H2,1-2H3. The molecule has 1 aromatic heterocycles. The van der Waals surface area contributed by atoms with Crippen molar-refractivity contribution in [3.05, 3.63) is 69.7 Å². The minimum absolute atomic E-state index is 0.171. The largest absolute Gasteiger partial charge is 0.510 e. The van der Waals surface area contributed by atoms with E-state index < -0.39 is 0 Å². The molecule has 7 heteroatoms. The molecule has 0 spiro atoms. The Morgan fingerprint density at radius 1 is 1.10 bits per heavy atom. The second-order valence-corrected chi connectivity index (χ2v) is 8.28. The molecule has 2 N–H and O–H groups in total. The highest BCUT2D eigenvalue weighted by Gasteiger charge is 2.31. The lowest BCUT2D eigenvalue weighted by atomic mass is 10.2. The van der Waals surface area contributed by atoms with Crippen LogP contribution in [0.2, 0.25) is 5.02 Å². The molecule has 0 saturated carbocycles. The first-order valence-electron chi connectivity index (χ1n) is 9.87. The Hall–Kier alpha value is -2.83. The van der Waals surface area contributed by atoms with E-state index in [1.807, 2.05) is 41.8 Å². The van der Waals surface area contributed by atoms with Gasteiger partial charge < -0.3 is 14.9 Å². The minimum Gasteiger partial charge on any atom is -0.510 e. The highest BCUT2D eigenvalue weighted by atomic mass is 35.5. The van der Waals surface area contributed by atoms with Crippen LogP contribution in [0.25, 0.3) is 16.8 Å². The Morgan fingerprint density at radius 3 is 2.40 bits per heavy atom. The van der Waals surface area contributed by atoms with E-state index in [2.05, 4.69) is 35.9 Å². The fourth-order valence-corrected chi connectivity index (χ4v) is 4.62. The minimum atomic E-state index is 0.171. The summed E-state index contributed by atoms with van der Waals surface area (Å²) in [6.45, 7) is 6.43. The first-order valence-corrected chi connectivity index (χ1v) is 11.1. The third kappa shape index (κ3) is 3.80. The predicted molar refractivity (Wildman–Crippen MR) is 127 cm³/mol. The second-order valence-electron chi connectivity index (χ2n) is 6.99. The van der Waals surface area contributed by atoms with Crippen LogP contribution >= 0.6 is 22.9 Å². The number of nitrogens with zero attached hydrogens (tertiary/aromatic N) is 3. The molecule has 0 atom stereocenters. The average molecular weight is 439 g/mol. The SMILES string of the molecule is CCN(CC)c1ccc(N2CC(O)=C(c3nc(-c4ccc(Cl)cc4)cs3)C2=N)cc1. The maximum Gasteiger partial charge on any atom is 0.139 e. The number of aliphatic hydroxyl groups excluding tert-OH is 1. The summed E-state index contributed by atoms with van der Waals surface area (Å²) < 4.78 is 0. The number of hydrogen-bond acceptors (Lipinski definition) is 5. The van der Waals surface area contributed by atoms with Crippen LogP contribution in [0.3, 0.4) is 0 Å². The lowest BCUT2D eigenvalue weighted by molar-refractivity contribution is 0.411. The zero-order chi connectivity index (χ0) is 21.3. The molecule has 1 aliphatic heterocycles. The van der Waals surface area contributed by atoms with Gasteiger partial charge in [-0.25, -0.2) is 4.98 Å². The van der Waals surface area contributed by atoms with Crippen molar-refractivity contribution in [1.82, 2.24) is 4.98 Å². The van der Waals surface area contributed by atoms with E-state index in [1.165, 1.54) is 11.3 Å². The number of aromatic nitrogens is 1. The van der Waals surface area contributed by atoms with Gasteiger partial charge >= 0.3 is 0 Å². The number of aliphatic hydroxyl groups is 1. The third-order valence-corrected chi connectivity index (χ3v) is 6.36. The zero-order valence-corrected chi connectivity index (χ0v) is 18.5. The third-order valence-electron chi connectivity index (χ3n) is 5.25. The molecule has 0 saturated heterocycles. The van der Waals surface area contributed by atoms with Gasteiger partial charge in [0.15, 0.2) is 0 Å². The van der Waals surface area contributed by atoms with Crippen molar-refractivity contribution in [3.63, 3.8) is 0 Å². The number of nitrogens with one attached hydrogen (secondary N) is 1. The average Bonchev–Trinajstić information content (AvgIpc) is 3.34. The number of anilines is 2. The van der Waals surface area contributed by atoms with Gasteiger partial charge in [0.2, 0.25) is 0 Å². The summed E-state index contributed by atoms with van der Waals surface area (Å²) in [7, 11) is 0. The Morgan fingerprint density at radius 2 is 1.77 bits per heavy atom. The molecule has 30 heavy (non-hydrogen) atoms. The van der Waals surface area contributed by atoms with Gasteiger partial charge in [0.1, 0.15) is 16.6 Å². The zero-order valence-electron chi connectivity index (χ0n) is 16.9. The molecule has 2 heterocycles. The van der Waals surface area contributed by atoms with Crippen LogP contribution in [0.1, 0.15) is 18.9 Å². The molecule has 3 aromatic rings. The van der Waals surface area contributed by atoms with Crippen molar-refractivity contribution < 1.29 is 5.11 Å². The van der Waals surface area contributed by atoms with Crippen molar-refractivity contribution in [3.8, 4) is 11.3 Å². The number of amidine groups is 1. The molecule has 0 amide bonds. The Balaban J connectivity index is 1.56. The van der Waals surface area contributed by atoms with Gasteiger partial charge in [-0.1, -0.05) is 23.7 Å². The quantitative estimate of drug-likeness (QED) is 0.489. The van der Waals surface area contributed by atoms with E-state index in [0.717, 1.165) is 35.7 Å². The molecule has 0 bridgehead atoms. The molecule has 4 rings (SSSR count). The molecular weight excluding hydrogens is 416 g/mol. The van der Waals surface area contributed by atoms with E-state index in [-0.39, 0.29) is 18.1 Å². The maximum absolute atomic E-state index is 10.6. The number of benzene rings is 2. The van der Waals surface area contributed by atoms with Crippen LogP contribution in [-0.2, 0) is 0 Å².